The van der Waals surface area contributed by atoms with Crippen LogP contribution in [0.25, 0.3) is 0 Å². The third-order valence-corrected chi connectivity index (χ3v) is 6.82. The van der Waals surface area contributed by atoms with Gasteiger partial charge in [-0.1, -0.05) is 0 Å². The van der Waals surface area contributed by atoms with Crippen LogP contribution >= 0.6 is 0 Å². The second-order valence-electron chi connectivity index (χ2n) is 10.5. The van der Waals surface area contributed by atoms with Crippen LogP contribution in [0.3, 0.4) is 0 Å². The lowest BCUT2D eigenvalue weighted by Crippen LogP contribution is -2.63. The molecule has 4 aliphatic heterocycles. The summed E-state index contributed by atoms with van der Waals surface area (Å²) in [5.41, 5.74) is -0.722. The first-order valence-electron chi connectivity index (χ1n) is 11.5. The van der Waals surface area contributed by atoms with Gasteiger partial charge in [0, 0.05) is 24.6 Å². The Morgan fingerprint density at radius 1 is 1.21 bits per heavy atom. The molecule has 0 radical (unpaired) electrons. The van der Waals surface area contributed by atoms with Crippen molar-refractivity contribution in [1.29, 1.82) is 0 Å². The van der Waals surface area contributed by atoms with E-state index in [0.29, 0.717) is 37.2 Å². The van der Waals surface area contributed by atoms with Crippen LogP contribution in [-0.2, 0) is 25.6 Å². The number of nitrogens with zero attached hydrogens (tertiary/aromatic N) is 3. The van der Waals surface area contributed by atoms with Crippen molar-refractivity contribution in [3.8, 4) is 0 Å². The van der Waals surface area contributed by atoms with Gasteiger partial charge in [-0.3, -0.25) is 24.5 Å². The highest BCUT2D eigenvalue weighted by atomic mass is 16.6. The fourth-order valence-corrected chi connectivity index (χ4v) is 5.19. The zero-order valence-electron chi connectivity index (χ0n) is 19.5. The molecule has 3 fully saturated rings. The minimum Gasteiger partial charge on any atom is -0.444 e. The Balaban J connectivity index is 1.28. The Bertz CT molecular complexity index is 1140. The molecule has 1 spiro atoms. The fraction of sp³-hybridized carbons (Fsp3) is 0.609. The molecule has 11 nitrogen and oxygen atoms in total. The molecule has 2 atom stereocenters. The summed E-state index contributed by atoms with van der Waals surface area (Å²) >= 11 is 0. The summed E-state index contributed by atoms with van der Waals surface area (Å²) in [5, 5.41) is 2.26. The lowest BCUT2D eigenvalue weighted by atomic mass is 9.89. The second-order valence-corrected chi connectivity index (χ2v) is 10.5. The van der Waals surface area contributed by atoms with E-state index in [2.05, 4.69) is 5.32 Å². The highest BCUT2D eigenvalue weighted by Crippen LogP contribution is 2.40. The zero-order chi connectivity index (χ0) is 24.4. The van der Waals surface area contributed by atoms with Gasteiger partial charge in [0.15, 0.2) is 0 Å². The molecule has 1 aromatic rings. The van der Waals surface area contributed by atoms with Crippen LogP contribution in [0.1, 0.15) is 62.0 Å². The number of imide groups is 1. The van der Waals surface area contributed by atoms with E-state index in [-0.39, 0.29) is 48.9 Å². The number of carbonyl (C=O) groups is 4. The number of amides is 4. The summed E-state index contributed by atoms with van der Waals surface area (Å²) in [7, 11) is 0. The van der Waals surface area contributed by atoms with Gasteiger partial charge in [0.1, 0.15) is 17.2 Å². The van der Waals surface area contributed by atoms with Crippen molar-refractivity contribution >= 4 is 23.8 Å². The quantitative estimate of drug-likeness (QED) is 0.623. The van der Waals surface area contributed by atoms with E-state index in [0.717, 1.165) is 0 Å². The molecule has 0 saturated carbocycles. The van der Waals surface area contributed by atoms with Crippen molar-refractivity contribution < 1.29 is 28.7 Å². The molecule has 1 N–H and O–H groups in total. The van der Waals surface area contributed by atoms with Gasteiger partial charge >= 0.3 is 6.09 Å². The Hall–Kier alpha value is -3.21. The molecule has 0 aromatic carbocycles. The average molecular weight is 472 g/mol. The van der Waals surface area contributed by atoms with Crippen LogP contribution in [0.2, 0.25) is 0 Å². The van der Waals surface area contributed by atoms with Gasteiger partial charge in [-0.2, -0.15) is 0 Å². The topological polar surface area (TPSA) is 127 Å². The van der Waals surface area contributed by atoms with Crippen LogP contribution < -0.4 is 10.9 Å². The zero-order valence-corrected chi connectivity index (χ0v) is 19.5. The number of likely N-dealkylation sites (tertiary alicyclic amines) is 1. The molecule has 4 aliphatic rings. The molecule has 5 rings (SSSR count). The summed E-state index contributed by atoms with van der Waals surface area (Å²) < 4.78 is 13.0. The largest absolute Gasteiger partial charge is 0.444 e. The van der Waals surface area contributed by atoms with Gasteiger partial charge in [-0.15, -0.1) is 0 Å². The Labute approximate surface area is 196 Å². The van der Waals surface area contributed by atoms with Crippen LogP contribution in [0.15, 0.2) is 17.1 Å². The number of hydrogen-bond donors (Lipinski definition) is 1. The van der Waals surface area contributed by atoms with Gasteiger partial charge in [-0.25, -0.2) is 4.79 Å². The molecular weight excluding hydrogens is 444 g/mol. The normalized spacial score (nSPS) is 25.9. The number of ether oxygens (including phenoxy) is 2. The summed E-state index contributed by atoms with van der Waals surface area (Å²) in [5.74, 6) is -1.24. The highest BCUT2D eigenvalue weighted by Gasteiger charge is 2.53. The standard InChI is InChI=1S/C23H28N4O7/c1-22(2,3)34-21(32)25-11-23(12-25)8-13(10-33-23)26-7-6-14-15(20(26)31)9-27(19(14)30)16-4-5-17(28)24-18(16)29/h6-7,13,16H,4-5,8-12H2,1-3H3,(H,24,28,29)/t13-,16+/m1/s1. The van der Waals surface area contributed by atoms with Crippen LogP contribution in [-0.4, -0.2) is 75.1 Å². The molecule has 11 heteroatoms. The maximum absolute atomic E-state index is 13.3. The average Bonchev–Trinajstić information content (AvgIpc) is 3.29. The summed E-state index contributed by atoms with van der Waals surface area (Å²) in [4.78, 5) is 65.1. The molecule has 34 heavy (non-hydrogen) atoms. The first kappa shape index (κ1) is 22.6. The van der Waals surface area contributed by atoms with Crippen molar-refractivity contribution in [3.63, 3.8) is 0 Å². The Morgan fingerprint density at radius 3 is 2.62 bits per heavy atom. The molecule has 182 valence electrons. The van der Waals surface area contributed by atoms with Gasteiger partial charge in [0.25, 0.3) is 11.5 Å². The van der Waals surface area contributed by atoms with Crippen molar-refractivity contribution in [2.24, 2.45) is 0 Å². The Morgan fingerprint density at radius 2 is 1.94 bits per heavy atom. The minimum absolute atomic E-state index is 0.0330. The monoisotopic (exact) mass is 472 g/mol. The van der Waals surface area contributed by atoms with Crippen LogP contribution in [0, 0.1) is 0 Å². The molecule has 4 amide bonds. The number of pyridine rings is 1. The number of hydrogen-bond acceptors (Lipinski definition) is 7. The maximum atomic E-state index is 13.3. The number of aromatic nitrogens is 1. The number of carbonyl (C=O) groups excluding carboxylic acids is 4. The number of fused-ring (bicyclic) bond motifs is 1. The predicted molar refractivity (Wildman–Crippen MR) is 117 cm³/mol. The smallest absolute Gasteiger partial charge is 0.410 e. The first-order chi connectivity index (χ1) is 16.0. The lowest BCUT2D eigenvalue weighted by molar-refractivity contribution is -0.136. The van der Waals surface area contributed by atoms with E-state index < -0.39 is 23.2 Å². The number of piperidine rings is 1. The molecule has 1 aromatic heterocycles. The van der Waals surface area contributed by atoms with Gasteiger partial charge < -0.3 is 23.8 Å². The van der Waals surface area contributed by atoms with E-state index in [9.17, 15) is 24.0 Å². The predicted octanol–water partition coefficient (Wildman–Crippen LogP) is 0.560. The molecule has 0 bridgehead atoms. The third kappa shape index (κ3) is 3.77. The fourth-order valence-electron chi connectivity index (χ4n) is 5.19. The van der Waals surface area contributed by atoms with Gasteiger partial charge in [-0.05, 0) is 33.3 Å². The van der Waals surface area contributed by atoms with Gasteiger partial charge in [0.2, 0.25) is 11.8 Å². The van der Waals surface area contributed by atoms with Gasteiger partial charge in [0.05, 0.1) is 37.8 Å². The minimum atomic E-state index is -0.766. The molecule has 5 heterocycles. The van der Waals surface area contributed by atoms with E-state index >= 15 is 0 Å². The molecule has 3 saturated heterocycles. The Kier molecular flexibility index (Phi) is 5.08. The van der Waals surface area contributed by atoms with E-state index in [1.807, 2.05) is 20.8 Å². The summed E-state index contributed by atoms with van der Waals surface area (Å²) in [6.07, 6.45) is 2.18. The number of rotatable bonds is 2. The van der Waals surface area contributed by atoms with Crippen LogP contribution in [0.4, 0.5) is 4.79 Å². The van der Waals surface area contributed by atoms with E-state index in [1.54, 1.807) is 21.7 Å². The van der Waals surface area contributed by atoms with E-state index in [1.165, 1.54) is 4.90 Å². The van der Waals surface area contributed by atoms with Crippen LogP contribution in [0.5, 0.6) is 0 Å². The van der Waals surface area contributed by atoms with Crippen molar-refractivity contribution in [3.05, 3.63) is 33.7 Å². The molecular formula is C23H28N4O7. The van der Waals surface area contributed by atoms with Crippen molar-refractivity contribution in [2.75, 3.05) is 19.7 Å². The SMILES string of the molecule is CC(C)(C)OC(=O)N1CC2(C[C@@H](n3ccc4c(c3=O)CN([C@H]3CCC(=O)NC3=O)C4=O)CO2)C1. The molecule has 0 unspecified atom stereocenters. The lowest BCUT2D eigenvalue weighted by Gasteiger charge is -2.46. The summed E-state index contributed by atoms with van der Waals surface area (Å²) in [6, 6.07) is 0.625. The highest BCUT2D eigenvalue weighted by molar-refractivity contribution is 6.05. The van der Waals surface area contributed by atoms with Crippen molar-refractivity contribution in [2.45, 2.75) is 69.9 Å². The van der Waals surface area contributed by atoms with E-state index in [4.69, 9.17) is 9.47 Å². The maximum Gasteiger partial charge on any atom is 0.410 e. The molecule has 0 aliphatic carbocycles. The third-order valence-electron chi connectivity index (χ3n) is 6.82. The second kappa shape index (κ2) is 7.66. The first-order valence-corrected chi connectivity index (χ1v) is 11.5. The summed E-state index contributed by atoms with van der Waals surface area (Å²) in [6.45, 7) is 6.61. The van der Waals surface area contributed by atoms with Crippen molar-refractivity contribution in [1.82, 2.24) is 19.7 Å². The number of nitrogens with one attached hydrogen (secondary N) is 1.